The number of hydrogen-bond donors (Lipinski definition) is 1. The molecule has 0 spiro atoms. The summed E-state index contributed by atoms with van der Waals surface area (Å²) in [5.41, 5.74) is 0.544. The number of rotatable bonds is 8. The predicted molar refractivity (Wildman–Crippen MR) is 94.8 cm³/mol. The summed E-state index contributed by atoms with van der Waals surface area (Å²) >= 11 is 1.15. The van der Waals surface area contributed by atoms with Crippen LogP contribution in [0.1, 0.15) is 41.6 Å². The zero-order valence-electron chi connectivity index (χ0n) is 14.3. The standard InChI is InChI=1S/C17H20N2O5S/c1-4-22-12-7-11(8-13(9-12)23-5-2)15(20)19-17-18-14(10-25-17)16(21)24-6-3/h7-10H,4-6H2,1-3H3,(H,18,19,20). The quantitative estimate of drug-likeness (QED) is 0.723. The van der Waals surface area contributed by atoms with E-state index >= 15 is 0 Å². The highest BCUT2D eigenvalue weighted by Gasteiger charge is 2.15. The molecule has 0 atom stereocenters. The van der Waals surface area contributed by atoms with Gasteiger partial charge in [-0.15, -0.1) is 11.3 Å². The van der Waals surface area contributed by atoms with Crippen molar-refractivity contribution in [3.8, 4) is 11.5 Å². The monoisotopic (exact) mass is 364 g/mol. The number of thiazole rings is 1. The van der Waals surface area contributed by atoms with Gasteiger partial charge in [-0.05, 0) is 32.9 Å². The first-order valence-electron chi connectivity index (χ1n) is 7.92. The Labute approximate surface area is 149 Å². The molecule has 0 aliphatic carbocycles. The van der Waals surface area contributed by atoms with Crippen molar-refractivity contribution < 1.29 is 23.8 Å². The number of hydrogen-bond acceptors (Lipinski definition) is 7. The number of benzene rings is 1. The van der Waals surface area contributed by atoms with Gasteiger partial charge in [-0.25, -0.2) is 9.78 Å². The van der Waals surface area contributed by atoms with E-state index in [0.717, 1.165) is 11.3 Å². The maximum Gasteiger partial charge on any atom is 0.357 e. The fraction of sp³-hybridized carbons (Fsp3) is 0.353. The van der Waals surface area contributed by atoms with Crippen molar-refractivity contribution >= 4 is 28.3 Å². The highest BCUT2D eigenvalue weighted by molar-refractivity contribution is 7.14. The highest BCUT2D eigenvalue weighted by Crippen LogP contribution is 2.24. The molecule has 8 heteroatoms. The van der Waals surface area contributed by atoms with Crippen LogP contribution in [0.4, 0.5) is 5.13 Å². The minimum atomic E-state index is -0.517. The number of carbonyl (C=O) groups is 2. The van der Waals surface area contributed by atoms with Crippen LogP contribution in [-0.4, -0.2) is 36.7 Å². The predicted octanol–water partition coefficient (Wildman–Crippen LogP) is 3.37. The number of esters is 1. The van der Waals surface area contributed by atoms with Crippen molar-refractivity contribution in [2.75, 3.05) is 25.1 Å². The van der Waals surface area contributed by atoms with E-state index in [1.165, 1.54) is 5.38 Å². The smallest absolute Gasteiger partial charge is 0.357 e. The van der Waals surface area contributed by atoms with Crippen molar-refractivity contribution in [1.82, 2.24) is 4.98 Å². The van der Waals surface area contributed by atoms with Gasteiger partial charge in [-0.1, -0.05) is 0 Å². The Morgan fingerprint density at radius 2 is 1.68 bits per heavy atom. The summed E-state index contributed by atoms with van der Waals surface area (Å²) in [5, 5.41) is 4.51. The number of nitrogens with one attached hydrogen (secondary N) is 1. The fourth-order valence-electron chi connectivity index (χ4n) is 2.00. The molecule has 1 heterocycles. The molecule has 2 rings (SSSR count). The molecule has 0 unspecified atom stereocenters. The molecule has 0 radical (unpaired) electrons. The Balaban J connectivity index is 2.15. The molecule has 1 aromatic carbocycles. The van der Waals surface area contributed by atoms with Crippen LogP contribution in [-0.2, 0) is 4.74 Å². The summed E-state index contributed by atoms with van der Waals surface area (Å²) in [7, 11) is 0. The van der Waals surface area contributed by atoms with Crippen LogP contribution in [0.2, 0.25) is 0 Å². The molecule has 1 amide bonds. The average Bonchev–Trinajstić information content (AvgIpc) is 3.04. The van der Waals surface area contributed by atoms with Gasteiger partial charge in [-0.2, -0.15) is 0 Å². The van der Waals surface area contributed by atoms with Gasteiger partial charge in [0.15, 0.2) is 10.8 Å². The molecule has 2 aromatic rings. The molecule has 0 aliphatic heterocycles. The third-order valence-electron chi connectivity index (χ3n) is 2.97. The molecule has 0 saturated carbocycles. The lowest BCUT2D eigenvalue weighted by Crippen LogP contribution is -2.13. The highest BCUT2D eigenvalue weighted by atomic mass is 32.1. The average molecular weight is 364 g/mol. The largest absolute Gasteiger partial charge is 0.494 e. The molecule has 1 N–H and O–H groups in total. The van der Waals surface area contributed by atoms with Gasteiger partial charge >= 0.3 is 5.97 Å². The minimum Gasteiger partial charge on any atom is -0.494 e. The normalized spacial score (nSPS) is 10.2. The lowest BCUT2D eigenvalue weighted by Gasteiger charge is -2.10. The fourth-order valence-corrected chi connectivity index (χ4v) is 2.68. The molecule has 0 aliphatic rings. The maximum absolute atomic E-state index is 12.5. The van der Waals surface area contributed by atoms with Gasteiger partial charge in [0.2, 0.25) is 0 Å². The SMILES string of the molecule is CCOC(=O)c1csc(NC(=O)c2cc(OCC)cc(OCC)c2)n1. The second-order valence-corrected chi connectivity index (χ2v) is 5.63. The van der Waals surface area contributed by atoms with Gasteiger partial charge in [0.1, 0.15) is 11.5 Å². The molecule has 25 heavy (non-hydrogen) atoms. The van der Waals surface area contributed by atoms with Gasteiger partial charge in [-0.3, -0.25) is 10.1 Å². The number of anilines is 1. The first-order valence-corrected chi connectivity index (χ1v) is 8.80. The van der Waals surface area contributed by atoms with Gasteiger partial charge < -0.3 is 14.2 Å². The van der Waals surface area contributed by atoms with Crippen LogP contribution in [0.15, 0.2) is 23.6 Å². The van der Waals surface area contributed by atoms with Crippen LogP contribution in [0, 0.1) is 0 Å². The number of carbonyl (C=O) groups excluding carboxylic acids is 2. The maximum atomic E-state index is 12.5. The lowest BCUT2D eigenvalue weighted by atomic mass is 10.2. The minimum absolute atomic E-state index is 0.167. The van der Waals surface area contributed by atoms with Crippen molar-refractivity contribution in [2.24, 2.45) is 0 Å². The second-order valence-electron chi connectivity index (χ2n) is 4.77. The number of aromatic nitrogens is 1. The van der Waals surface area contributed by atoms with Crippen molar-refractivity contribution in [2.45, 2.75) is 20.8 Å². The summed E-state index contributed by atoms with van der Waals surface area (Å²) < 4.78 is 15.8. The molecular formula is C17H20N2O5S. The molecule has 1 aromatic heterocycles. The van der Waals surface area contributed by atoms with E-state index in [9.17, 15) is 9.59 Å². The molecule has 134 valence electrons. The zero-order chi connectivity index (χ0) is 18.2. The molecule has 0 bridgehead atoms. The van der Waals surface area contributed by atoms with E-state index in [2.05, 4.69) is 10.3 Å². The summed E-state index contributed by atoms with van der Waals surface area (Å²) in [6.07, 6.45) is 0. The van der Waals surface area contributed by atoms with E-state index in [1.807, 2.05) is 13.8 Å². The Hall–Kier alpha value is -2.61. The molecule has 7 nitrogen and oxygen atoms in total. The third-order valence-corrected chi connectivity index (χ3v) is 3.73. The van der Waals surface area contributed by atoms with Gasteiger partial charge in [0.05, 0.1) is 19.8 Å². The van der Waals surface area contributed by atoms with Crippen molar-refractivity contribution in [3.05, 3.63) is 34.8 Å². The second kappa shape index (κ2) is 9.03. The van der Waals surface area contributed by atoms with Crippen LogP contribution in [0.25, 0.3) is 0 Å². The molecular weight excluding hydrogens is 344 g/mol. The number of amides is 1. The van der Waals surface area contributed by atoms with Crippen LogP contribution in [0.3, 0.4) is 0 Å². The van der Waals surface area contributed by atoms with E-state index in [-0.39, 0.29) is 18.2 Å². The third kappa shape index (κ3) is 5.18. The van der Waals surface area contributed by atoms with Crippen molar-refractivity contribution in [3.63, 3.8) is 0 Å². The first kappa shape index (κ1) is 18.7. The van der Waals surface area contributed by atoms with E-state index < -0.39 is 5.97 Å². The molecule has 0 fully saturated rings. The van der Waals surface area contributed by atoms with Gasteiger partial charge in [0.25, 0.3) is 5.91 Å². The van der Waals surface area contributed by atoms with Crippen LogP contribution < -0.4 is 14.8 Å². The number of ether oxygens (including phenoxy) is 3. The zero-order valence-corrected chi connectivity index (χ0v) is 15.1. The van der Waals surface area contributed by atoms with E-state index in [4.69, 9.17) is 14.2 Å². The summed E-state index contributed by atoms with van der Waals surface area (Å²) in [6, 6.07) is 4.98. The van der Waals surface area contributed by atoms with E-state index in [0.29, 0.717) is 35.4 Å². The Morgan fingerprint density at radius 1 is 1.04 bits per heavy atom. The summed E-state index contributed by atoms with van der Waals surface area (Å²) in [6.45, 7) is 6.66. The van der Waals surface area contributed by atoms with Crippen LogP contribution >= 0.6 is 11.3 Å². The Morgan fingerprint density at radius 3 is 2.24 bits per heavy atom. The number of nitrogens with zero attached hydrogens (tertiary/aromatic N) is 1. The first-order chi connectivity index (χ1) is 12.1. The van der Waals surface area contributed by atoms with Crippen LogP contribution in [0.5, 0.6) is 11.5 Å². The van der Waals surface area contributed by atoms with Crippen molar-refractivity contribution in [1.29, 1.82) is 0 Å². The topological polar surface area (TPSA) is 86.8 Å². The Bertz CT molecular complexity index is 720. The Kier molecular flexibility index (Phi) is 6.76. The molecule has 0 saturated heterocycles. The lowest BCUT2D eigenvalue weighted by molar-refractivity contribution is 0.0520. The van der Waals surface area contributed by atoms with E-state index in [1.54, 1.807) is 25.1 Å². The summed E-state index contributed by atoms with van der Waals surface area (Å²) in [5.74, 6) is 0.207. The summed E-state index contributed by atoms with van der Waals surface area (Å²) in [4.78, 5) is 28.1. The van der Waals surface area contributed by atoms with Gasteiger partial charge in [0, 0.05) is 17.0 Å².